The van der Waals surface area contributed by atoms with Gasteiger partial charge in [-0.25, -0.2) is 0 Å². The summed E-state index contributed by atoms with van der Waals surface area (Å²) in [6.45, 7) is 8.91. The van der Waals surface area contributed by atoms with Gasteiger partial charge in [0.25, 0.3) is 0 Å². The molecule has 0 amide bonds. The minimum atomic E-state index is 0.769. The van der Waals surface area contributed by atoms with Crippen molar-refractivity contribution in [2.45, 2.75) is 33.1 Å². The standard InChI is InChI=1S/C11H24N2/c1-10(2)9-13(8-6-12)7-5-11-3-4-11/h10-11H,3-9,12H2,1-2H3. The first-order valence-corrected chi connectivity index (χ1v) is 5.64. The van der Waals surface area contributed by atoms with Gasteiger partial charge in [0, 0.05) is 19.6 Å². The minimum Gasteiger partial charge on any atom is -0.329 e. The maximum Gasteiger partial charge on any atom is 0.0105 e. The first-order valence-electron chi connectivity index (χ1n) is 5.64. The molecule has 2 N–H and O–H groups in total. The fraction of sp³-hybridized carbons (Fsp3) is 1.00. The molecule has 0 atom stereocenters. The number of hydrogen-bond acceptors (Lipinski definition) is 2. The predicted molar refractivity (Wildman–Crippen MR) is 57.7 cm³/mol. The first kappa shape index (κ1) is 11.0. The van der Waals surface area contributed by atoms with Crippen LogP contribution in [0.25, 0.3) is 0 Å². The lowest BCUT2D eigenvalue weighted by molar-refractivity contribution is 0.243. The quantitative estimate of drug-likeness (QED) is 0.652. The summed E-state index contributed by atoms with van der Waals surface area (Å²) in [5, 5.41) is 0. The smallest absolute Gasteiger partial charge is 0.0105 e. The lowest BCUT2D eigenvalue weighted by Crippen LogP contribution is -2.33. The van der Waals surface area contributed by atoms with Gasteiger partial charge in [0.15, 0.2) is 0 Å². The van der Waals surface area contributed by atoms with Crippen molar-refractivity contribution < 1.29 is 0 Å². The molecule has 0 heterocycles. The zero-order valence-corrected chi connectivity index (χ0v) is 9.13. The van der Waals surface area contributed by atoms with Crippen LogP contribution in [0.5, 0.6) is 0 Å². The van der Waals surface area contributed by atoms with Gasteiger partial charge >= 0.3 is 0 Å². The Morgan fingerprint density at radius 1 is 1.31 bits per heavy atom. The van der Waals surface area contributed by atoms with Crippen molar-refractivity contribution >= 4 is 0 Å². The van der Waals surface area contributed by atoms with Crippen LogP contribution < -0.4 is 5.73 Å². The molecule has 78 valence electrons. The van der Waals surface area contributed by atoms with E-state index in [9.17, 15) is 0 Å². The molecule has 0 bridgehead atoms. The highest BCUT2D eigenvalue weighted by Gasteiger charge is 2.21. The van der Waals surface area contributed by atoms with Crippen molar-refractivity contribution in [3.8, 4) is 0 Å². The lowest BCUT2D eigenvalue weighted by Gasteiger charge is -2.23. The number of hydrogen-bond donors (Lipinski definition) is 1. The summed E-state index contributed by atoms with van der Waals surface area (Å²) >= 11 is 0. The first-order chi connectivity index (χ1) is 6.22. The average molecular weight is 184 g/mol. The molecular formula is C11H24N2. The van der Waals surface area contributed by atoms with Crippen LogP contribution in [0.2, 0.25) is 0 Å². The molecule has 0 aromatic carbocycles. The van der Waals surface area contributed by atoms with E-state index in [0.717, 1.165) is 24.9 Å². The molecule has 1 saturated carbocycles. The van der Waals surface area contributed by atoms with Crippen molar-refractivity contribution in [2.24, 2.45) is 17.6 Å². The van der Waals surface area contributed by atoms with E-state index < -0.39 is 0 Å². The van der Waals surface area contributed by atoms with Crippen LogP contribution in [0, 0.1) is 11.8 Å². The average Bonchev–Trinajstić information content (AvgIpc) is 2.82. The van der Waals surface area contributed by atoms with Gasteiger partial charge in [-0.3, -0.25) is 0 Å². The highest BCUT2D eigenvalue weighted by Crippen LogP contribution is 2.32. The maximum absolute atomic E-state index is 5.59. The van der Waals surface area contributed by atoms with Crippen molar-refractivity contribution in [3.05, 3.63) is 0 Å². The van der Waals surface area contributed by atoms with E-state index in [-0.39, 0.29) is 0 Å². The zero-order valence-electron chi connectivity index (χ0n) is 9.13. The summed E-state index contributed by atoms with van der Waals surface area (Å²) in [7, 11) is 0. The molecule has 1 rings (SSSR count). The molecule has 0 aromatic rings. The van der Waals surface area contributed by atoms with Gasteiger partial charge < -0.3 is 10.6 Å². The van der Waals surface area contributed by atoms with Gasteiger partial charge in [-0.05, 0) is 24.8 Å². The fourth-order valence-corrected chi connectivity index (χ4v) is 1.77. The van der Waals surface area contributed by atoms with E-state index in [1.165, 1.54) is 32.4 Å². The Hall–Kier alpha value is -0.0800. The molecule has 13 heavy (non-hydrogen) atoms. The Morgan fingerprint density at radius 2 is 2.00 bits per heavy atom. The Labute approximate surface area is 82.5 Å². The molecule has 1 aliphatic rings. The topological polar surface area (TPSA) is 29.3 Å². The van der Waals surface area contributed by atoms with Crippen LogP contribution in [0.4, 0.5) is 0 Å². The molecule has 0 radical (unpaired) electrons. The molecule has 1 aliphatic carbocycles. The van der Waals surface area contributed by atoms with Gasteiger partial charge in [0.1, 0.15) is 0 Å². The summed E-state index contributed by atoms with van der Waals surface area (Å²) in [5.74, 6) is 1.82. The van der Waals surface area contributed by atoms with E-state index in [2.05, 4.69) is 18.7 Å². The third-order valence-electron chi connectivity index (χ3n) is 2.62. The molecule has 0 unspecified atom stereocenters. The molecule has 0 aromatic heterocycles. The summed E-state index contributed by atoms with van der Waals surface area (Å²) in [4.78, 5) is 2.52. The van der Waals surface area contributed by atoms with Crippen LogP contribution in [0.1, 0.15) is 33.1 Å². The highest BCUT2D eigenvalue weighted by atomic mass is 15.1. The normalized spacial score (nSPS) is 17.3. The SMILES string of the molecule is CC(C)CN(CCN)CCC1CC1. The van der Waals surface area contributed by atoms with Crippen LogP contribution in [-0.2, 0) is 0 Å². The molecule has 0 saturated heterocycles. The Kier molecular flexibility index (Phi) is 4.74. The monoisotopic (exact) mass is 184 g/mol. The second kappa shape index (κ2) is 5.61. The summed E-state index contributed by atoms with van der Waals surface area (Å²) in [6, 6.07) is 0. The predicted octanol–water partition coefficient (Wildman–Crippen LogP) is 1.70. The van der Waals surface area contributed by atoms with Gasteiger partial charge in [-0.1, -0.05) is 26.7 Å². The molecule has 1 fully saturated rings. The number of nitrogens with zero attached hydrogens (tertiary/aromatic N) is 1. The summed E-state index contributed by atoms with van der Waals surface area (Å²) < 4.78 is 0. The van der Waals surface area contributed by atoms with E-state index in [1.807, 2.05) is 0 Å². The van der Waals surface area contributed by atoms with E-state index in [1.54, 1.807) is 0 Å². The van der Waals surface area contributed by atoms with Gasteiger partial charge in [0.2, 0.25) is 0 Å². The van der Waals surface area contributed by atoms with Crippen molar-refractivity contribution in [3.63, 3.8) is 0 Å². The van der Waals surface area contributed by atoms with E-state index in [4.69, 9.17) is 5.73 Å². The molecule has 0 aliphatic heterocycles. The van der Waals surface area contributed by atoms with Crippen LogP contribution in [0.3, 0.4) is 0 Å². The molecule has 2 nitrogen and oxygen atoms in total. The molecule has 0 spiro atoms. The summed E-state index contributed by atoms with van der Waals surface area (Å²) in [6.07, 6.45) is 4.34. The second-order valence-corrected chi connectivity index (χ2v) is 4.72. The largest absolute Gasteiger partial charge is 0.329 e. The van der Waals surface area contributed by atoms with E-state index >= 15 is 0 Å². The van der Waals surface area contributed by atoms with Gasteiger partial charge in [-0.15, -0.1) is 0 Å². The van der Waals surface area contributed by atoms with Crippen molar-refractivity contribution in [1.29, 1.82) is 0 Å². The summed E-state index contributed by atoms with van der Waals surface area (Å²) in [5.41, 5.74) is 5.59. The Bertz CT molecular complexity index is 130. The maximum atomic E-state index is 5.59. The lowest BCUT2D eigenvalue weighted by atomic mass is 10.2. The van der Waals surface area contributed by atoms with Crippen molar-refractivity contribution in [1.82, 2.24) is 4.90 Å². The molecular weight excluding hydrogens is 160 g/mol. The highest BCUT2D eigenvalue weighted by molar-refractivity contribution is 4.75. The van der Waals surface area contributed by atoms with Crippen LogP contribution in [-0.4, -0.2) is 31.1 Å². The number of nitrogens with two attached hydrogens (primary N) is 1. The Morgan fingerprint density at radius 3 is 2.46 bits per heavy atom. The second-order valence-electron chi connectivity index (χ2n) is 4.72. The third-order valence-corrected chi connectivity index (χ3v) is 2.62. The third kappa shape index (κ3) is 5.27. The van der Waals surface area contributed by atoms with Gasteiger partial charge in [-0.2, -0.15) is 0 Å². The number of rotatable bonds is 7. The van der Waals surface area contributed by atoms with Crippen LogP contribution >= 0.6 is 0 Å². The Balaban J connectivity index is 2.11. The van der Waals surface area contributed by atoms with Gasteiger partial charge in [0.05, 0.1) is 0 Å². The fourth-order valence-electron chi connectivity index (χ4n) is 1.77. The molecule has 2 heteroatoms. The minimum absolute atomic E-state index is 0.769. The van der Waals surface area contributed by atoms with Crippen LogP contribution in [0.15, 0.2) is 0 Å². The van der Waals surface area contributed by atoms with Crippen molar-refractivity contribution in [2.75, 3.05) is 26.2 Å². The van der Waals surface area contributed by atoms with E-state index in [0.29, 0.717) is 0 Å². The zero-order chi connectivity index (χ0) is 9.68.